The molecule has 0 saturated carbocycles. The molecule has 2 heterocycles. The lowest BCUT2D eigenvalue weighted by Gasteiger charge is -2.33. The molecule has 0 aliphatic carbocycles. The van der Waals surface area contributed by atoms with E-state index in [4.69, 9.17) is 0 Å². The molecule has 32 heavy (non-hydrogen) atoms. The van der Waals surface area contributed by atoms with Crippen molar-refractivity contribution >= 4 is 23.4 Å². The molecule has 0 bridgehead atoms. The summed E-state index contributed by atoms with van der Waals surface area (Å²) in [4.78, 5) is 13.3. The van der Waals surface area contributed by atoms with Crippen LogP contribution in [0.3, 0.4) is 0 Å². The molecule has 160 valence electrons. The first-order valence-electron chi connectivity index (χ1n) is 10.2. The summed E-state index contributed by atoms with van der Waals surface area (Å²) in [6, 6.07) is 23.1. The van der Waals surface area contributed by atoms with E-state index in [0.717, 1.165) is 22.4 Å². The summed E-state index contributed by atoms with van der Waals surface area (Å²) < 4.78 is 15.4. The highest BCUT2D eigenvalue weighted by Gasteiger charge is 2.38. The zero-order chi connectivity index (χ0) is 22.1. The predicted molar refractivity (Wildman–Crippen MR) is 123 cm³/mol. The monoisotopic (exact) mass is 445 g/mol. The van der Waals surface area contributed by atoms with E-state index >= 15 is 0 Å². The van der Waals surface area contributed by atoms with E-state index < -0.39 is 11.3 Å². The van der Waals surface area contributed by atoms with Crippen LogP contribution in [0.5, 0.6) is 0 Å². The van der Waals surface area contributed by atoms with E-state index in [1.54, 1.807) is 16.8 Å². The Morgan fingerprint density at radius 1 is 1.00 bits per heavy atom. The third-order valence-corrected chi connectivity index (χ3v) is 6.49. The predicted octanol–water partition coefficient (Wildman–Crippen LogP) is 4.79. The lowest BCUT2D eigenvalue weighted by Crippen LogP contribution is -2.41. The van der Waals surface area contributed by atoms with E-state index in [9.17, 15) is 9.18 Å². The highest BCUT2D eigenvalue weighted by atomic mass is 32.2. The maximum atomic E-state index is 13.6. The van der Waals surface area contributed by atoms with Gasteiger partial charge in [-0.15, -0.1) is 10.2 Å². The summed E-state index contributed by atoms with van der Waals surface area (Å²) in [7, 11) is 0. The molecule has 1 amide bonds. The quantitative estimate of drug-likeness (QED) is 0.473. The maximum Gasteiger partial charge on any atom is 0.240 e. The molecule has 3 aromatic carbocycles. The van der Waals surface area contributed by atoms with Crippen LogP contribution < -0.4 is 10.7 Å². The van der Waals surface area contributed by atoms with E-state index in [-0.39, 0.29) is 11.7 Å². The van der Waals surface area contributed by atoms with Crippen molar-refractivity contribution in [1.29, 1.82) is 0 Å². The van der Waals surface area contributed by atoms with Crippen LogP contribution in [0.2, 0.25) is 0 Å². The van der Waals surface area contributed by atoms with Crippen LogP contribution in [0.4, 0.5) is 10.1 Å². The minimum absolute atomic E-state index is 0.170. The number of amides is 1. The van der Waals surface area contributed by atoms with Gasteiger partial charge in [0, 0.05) is 11.3 Å². The van der Waals surface area contributed by atoms with Crippen LogP contribution in [0.15, 0.2) is 84.0 Å². The first kappa shape index (κ1) is 20.3. The molecule has 6 nitrogen and oxygen atoms in total. The summed E-state index contributed by atoms with van der Waals surface area (Å²) in [5, 5.41) is 11.7. The zero-order valence-electron chi connectivity index (χ0n) is 17.2. The number of thioether (sulfide) groups is 1. The van der Waals surface area contributed by atoms with Crippen molar-refractivity contribution in [1.82, 2.24) is 14.9 Å². The van der Waals surface area contributed by atoms with Crippen LogP contribution in [0.25, 0.3) is 11.4 Å². The highest BCUT2D eigenvalue weighted by Crippen LogP contribution is 2.39. The molecule has 0 saturated heterocycles. The standard InChI is InChI=1S/C24H20FN5OS/c1-15-7-13-19(14-8-15)26-23(31)21-20(16-9-11-18(25)12-10-16)29-30-22(27-28-24(30)32-21)17-5-3-2-4-6-17/h2-14,20-21,29H,1H3,(H,26,31). The summed E-state index contributed by atoms with van der Waals surface area (Å²) in [5.74, 6) is 0.154. The summed E-state index contributed by atoms with van der Waals surface area (Å²) >= 11 is 1.33. The Morgan fingerprint density at radius 2 is 1.72 bits per heavy atom. The Hall–Kier alpha value is -3.65. The number of nitrogens with one attached hydrogen (secondary N) is 2. The summed E-state index contributed by atoms with van der Waals surface area (Å²) in [5.41, 5.74) is 6.92. The Kier molecular flexibility index (Phi) is 5.36. The fourth-order valence-corrected chi connectivity index (χ4v) is 4.68. The fraction of sp³-hybridized carbons (Fsp3) is 0.125. The van der Waals surface area contributed by atoms with Crippen molar-refractivity contribution in [2.45, 2.75) is 23.4 Å². The van der Waals surface area contributed by atoms with Crippen molar-refractivity contribution in [2.75, 3.05) is 10.7 Å². The molecule has 4 aromatic rings. The Balaban J connectivity index is 1.50. The molecule has 0 radical (unpaired) electrons. The average molecular weight is 446 g/mol. The molecule has 2 atom stereocenters. The van der Waals surface area contributed by atoms with Crippen molar-refractivity contribution in [2.24, 2.45) is 0 Å². The molecule has 5 rings (SSSR count). The van der Waals surface area contributed by atoms with Crippen molar-refractivity contribution in [3.8, 4) is 11.4 Å². The normalized spacial score (nSPS) is 17.3. The van der Waals surface area contributed by atoms with Gasteiger partial charge in [-0.2, -0.15) is 0 Å². The zero-order valence-corrected chi connectivity index (χ0v) is 18.0. The van der Waals surface area contributed by atoms with Gasteiger partial charge in [-0.05, 0) is 36.8 Å². The first-order chi connectivity index (χ1) is 15.6. The second-order valence-corrected chi connectivity index (χ2v) is 8.67. The number of benzene rings is 3. The SMILES string of the molecule is Cc1ccc(NC(=O)C2Sc3nnc(-c4ccccc4)n3NC2c2ccc(F)cc2)cc1. The molecule has 1 aromatic heterocycles. The van der Waals surface area contributed by atoms with Gasteiger partial charge in [0.1, 0.15) is 11.1 Å². The number of fused-ring (bicyclic) bond motifs is 1. The smallest absolute Gasteiger partial charge is 0.240 e. The Morgan fingerprint density at radius 3 is 2.44 bits per heavy atom. The number of nitrogens with zero attached hydrogens (tertiary/aromatic N) is 3. The van der Waals surface area contributed by atoms with Gasteiger partial charge in [-0.25, -0.2) is 9.07 Å². The first-order valence-corrected chi connectivity index (χ1v) is 11.0. The number of hydrogen-bond acceptors (Lipinski definition) is 5. The van der Waals surface area contributed by atoms with Gasteiger partial charge in [-0.1, -0.05) is 71.9 Å². The molecule has 2 N–H and O–H groups in total. The van der Waals surface area contributed by atoms with Gasteiger partial charge < -0.3 is 10.7 Å². The summed E-state index contributed by atoms with van der Waals surface area (Å²) in [6.45, 7) is 1.99. The molecule has 2 unspecified atom stereocenters. The number of anilines is 1. The van der Waals surface area contributed by atoms with E-state index in [0.29, 0.717) is 11.0 Å². The van der Waals surface area contributed by atoms with E-state index in [1.165, 1.54) is 23.9 Å². The molecule has 8 heteroatoms. The molecule has 0 fully saturated rings. The number of carbonyl (C=O) groups is 1. The van der Waals surface area contributed by atoms with Crippen LogP contribution in [-0.2, 0) is 4.79 Å². The molecular formula is C24H20FN5OS. The van der Waals surface area contributed by atoms with E-state index in [1.807, 2.05) is 61.5 Å². The molecule has 1 aliphatic rings. The second-order valence-electron chi connectivity index (χ2n) is 7.56. The topological polar surface area (TPSA) is 71.8 Å². The Labute approximate surface area is 188 Å². The molecule has 1 aliphatic heterocycles. The number of aromatic nitrogens is 3. The van der Waals surface area contributed by atoms with Gasteiger partial charge >= 0.3 is 0 Å². The molecule has 0 spiro atoms. The lowest BCUT2D eigenvalue weighted by atomic mass is 10.0. The number of rotatable bonds is 4. The lowest BCUT2D eigenvalue weighted by molar-refractivity contribution is -0.116. The second kappa shape index (κ2) is 8.47. The van der Waals surface area contributed by atoms with Gasteiger partial charge in [0.2, 0.25) is 11.1 Å². The van der Waals surface area contributed by atoms with Gasteiger partial charge in [0.05, 0.1) is 6.04 Å². The fourth-order valence-electron chi connectivity index (χ4n) is 3.60. The molecular weight excluding hydrogens is 425 g/mol. The highest BCUT2D eigenvalue weighted by molar-refractivity contribution is 8.00. The number of aryl methyl sites for hydroxylation is 1. The minimum Gasteiger partial charge on any atom is -0.325 e. The third kappa shape index (κ3) is 3.97. The van der Waals surface area contributed by atoms with Crippen LogP contribution in [0, 0.1) is 12.7 Å². The number of carbonyl (C=O) groups excluding carboxylic acids is 1. The average Bonchev–Trinajstić information content (AvgIpc) is 3.24. The van der Waals surface area contributed by atoms with Crippen LogP contribution in [0.1, 0.15) is 17.2 Å². The van der Waals surface area contributed by atoms with Crippen LogP contribution in [-0.4, -0.2) is 26.0 Å². The Bertz CT molecular complexity index is 1240. The van der Waals surface area contributed by atoms with Crippen molar-refractivity contribution < 1.29 is 9.18 Å². The minimum atomic E-state index is -0.540. The van der Waals surface area contributed by atoms with Gasteiger partial charge in [-0.3, -0.25) is 4.79 Å². The van der Waals surface area contributed by atoms with Gasteiger partial charge in [0.15, 0.2) is 5.82 Å². The van der Waals surface area contributed by atoms with Crippen LogP contribution >= 0.6 is 11.8 Å². The third-order valence-electron chi connectivity index (χ3n) is 5.28. The summed E-state index contributed by atoms with van der Waals surface area (Å²) in [6.07, 6.45) is 0. The van der Waals surface area contributed by atoms with Gasteiger partial charge in [0.25, 0.3) is 0 Å². The largest absolute Gasteiger partial charge is 0.325 e. The van der Waals surface area contributed by atoms with Crippen molar-refractivity contribution in [3.63, 3.8) is 0 Å². The number of halogens is 1. The van der Waals surface area contributed by atoms with E-state index in [2.05, 4.69) is 20.9 Å². The maximum absolute atomic E-state index is 13.6. The van der Waals surface area contributed by atoms with Crippen molar-refractivity contribution in [3.05, 3.63) is 95.8 Å². The number of hydrogen-bond donors (Lipinski definition) is 2.